The highest BCUT2D eigenvalue weighted by atomic mass is 16.3. The Labute approximate surface area is 146 Å². The number of nitrogens with zero attached hydrogens (tertiary/aromatic N) is 2. The Morgan fingerprint density at radius 3 is 2.76 bits per heavy atom. The first-order chi connectivity index (χ1) is 12.2. The van der Waals surface area contributed by atoms with Crippen molar-refractivity contribution in [3.63, 3.8) is 0 Å². The summed E-state index contributed by atoms with van der Waals surface area (Å²) in [5.74, 6) is 1.46. The van der Waals surface area contributed by atoms with Crippen molar-refractivity contribution < 1.29 is 9.21 Å². The number of rotatable bonds is 4. The number of furan rings is 1. The lowest BCUT2D eigenvalue weighted by atomic mass is 9.85. The molecule has 1 atom stereocenters. The summed E-state index contributed by atoms with van der Waals surface area (Å²) in [7, 11) is 0. The van der Waals surface area contributed by atoms with Crippen LogP contribution in [0.3, 0.4) is 0 Å². The first-order valence-corrected chi connectivity index (χ1v) is 8.51. The van der Waals surface area contributed by atoms with Crippen molar-refractivity contribution >= 4 is 17.4 Å². The van der Waals surface area contributed by atoms with Crippen LogP contribution in [0.1, 0.15) is 46.6 Å². The predicted molar refractivity (Wildman–Crippen MR) is 95.2 cm³/mol. The highest BCUT2D eigenvalue weighted by molar-refractivity contribution is 5.98. The molecule has 0 unspecified atom stereocenters. The minimum atomic E-state index is 0.0431. The fourth-order valence-corrected chi connectivity index (χ4v) is 3.18. The highest BCUT2D eigenvalue weighted by Gasteiger charge is 2.29. The number of hydrogen-bond acceptors (Lipinski definition) is 5. The quantitative estimate of drug-likeness (QED) is 0.771. The highest BCUT2D eigenvalue weighted by Crippen LogP contribution is 2.32. The first kappa shape index (κ1) is 15.6. The lowest BCUT2D eigenvalue weighted by molar-refractivity contribution is 0.0958. The molecule has 0 saturated heterocycles. The summed E-state index contributed by atoms with van der Waals surface area (Å²) in [5.41, 5.74) is 3.61. The molecular formula is C20H19N3O2. The molecule has 5 nitrogen and oxygen atoms in total. The largest absolute Gasteiger partial charge is 0.469 e. The maximum atomic E-state index is 12.4. The van der Waals surface area contributed by atoms with Crippen molar-refractivity contribution in [1.29, 1.82) is 0 Å². The van der Waals surface area contributed by atoms with E-state index in [2.05, 4.69) is 34.3 Å². The summed E-state index contributed by atoms with van der Waals surface area (Å²) in [6, 6.07) is 12.0. The molecule has 4 rings (SSSR count). The first-order valence-electron chi connectivity index (χ1n) is 8.51. The molecule has 126 valence electrons. The van der Waals surface area contributed by atoms with Crippen LogP contribution in [0.5, 0.6) is 0 Å². The lowest BCUT2D eigenvalue weighted by Crippen LogP contribution is -2.20. The molecule has 1 aliphatic carbocycles. The molecule has 0 spiro atoms. The van der Waals surface area contributed by atoms with Crippen LogP contribution in [-0.2, 0) is 12.8 Å². The van der Waals surface area contributed by atoms with Crippen LogP contribution in [-0.4, -0.2) is 15.8 Å². The van der Waals surface area contributed by atoms with E-state index in [1.807, 2.05) is 24.3 Å². The average Bonchev–Trinajstić information content (AvgIpc) is 3.17. The lowest BCUT2D eigenvalue weighted by Gasteiger charge is -2.21. The zero-order valence-electron chi connectivity index (χ0n) is 14.0. The topological polar surface area (TPSA) is 68.0 Å². The third-order valence-electron chi connectivity index (χ3n) is 4.60. The molecule has 0 saturated carbocycles. The van der Waals surface area contributed by atoms with Crippen molar-refractivity contribution in [3.8, 4) is 0 Å². The second-order valence-corrected chi connectivity index (χ2v) is 6.27. The number of carbonyl (C=O) groups excluding carboxylic acids is 1. The number of carbonyl (C=O) groups is 1. The number of aryl methyl sites for hydroxylation is 1. The fraction of sp³-hybridized carbons (Fsp3) is 0.250. The Morgan fingerprint density at radius 2 is 2.04 bits per heavy atom. The molecule has 3 aromatic rings. The third kappa shape index (κ3) is 3.18. The fourth-order valence-electron chi connectivity index (χ4n) is 3.18. The van der Waals surface area contributed by atoms with E-state index in [1.54, 1.807) is 12.5 Å². The molecule has 25 heavy (non-hydrogen) atoms. The second-order valence-electron chi connectivity index (χ2n) is 6.27. The zero-order valence-corrected chi connectivity index (χ0v) is 14.0. The summed E-state index contributed by atoms with van der Waals surface area (Å²) < 4.78 is 5.47. The standard InChI is InChI=1S/C20H19N3O2/c1-2-13-5-7-15(8-6-13)22-20-21-12-16-17(23-20)10-14(11-18(16)24)19-4-3-9-25-19/h3-9,12,14H,2,10-11H2,1H3,(H,21,22,23)/t14-/m0/s1. The summed E-state index contributed by atoms with van der Waals surface area (Å²) in [6.45, 7) is 2.13. The number of benzene rings is 1. The van der Waals surface area contributed by atoms with Crippen LogP contribution in [0.4, 0.5) is 11.6 Å². The van der Waals surface area contributed by atoms with Crippen molar-refractivity contribution in [2.45, 2.75) is 32.1 Å². The number of nitrogens with one attached hydrogen (secondary N) is 1. The van der Waals surface area contributed by atoms with Gasteiger partial charge in [-0.3, -0.25) is 4.79 Å². The van der Waals surface area contributed by atoms with Gasteiger partial charge in [0.2, 0.25) is 5.95 Å². The molecule has 1 N–H and O–H groups in total. The van der Waals surface area contributed by atoms with Gasteiger partial charge in [-0.15, -0.1) is 0 Å². The van der Waals surface area contributed by atoms with Gasteiger partial charge >= 0.3 is 0 Å². The number of anilines is 2. The maximum Gasteiger partial charge on any atom is 0.227 e. The zero-order chi connectivity index (χ0) is 17.2. The smallest absolute Gasteiger partial charge is 0.227 e. The molecule has 0 fully saturated rings. The third-order valence-corrected chi connectivity index (χ3v) is 4.60. The van der Waals surface area contributed by atoms with E-state index >= 15 is 0 Å². The Bertz CT molecular complexity index is 886. The second kappa shape index (κ2) is 6.51. The van der Waals surface area contributed by atoms with E-state index in [0.29, 0.717) is 24.4 Å². The Balaban J connectivity index is 1.58. The molecular weight excluding hydrogens is 314 g/mol. The molecule has 0 amide bonds. The van der Waals surface area contributed by atoms with Crippen LogP contribution in [0.2, 0.25) is 0 Å². The molecule has 1 aromatic carbocycles. The Morgan fingerprint density at radius 1 is 1.20 bits per heavy atom. The van der Waals surface area contributed by atoms with Gasteiger partial charge in [-0.1, -0.05) is 19.1 Å². The van der Waals surface area contributed by atoms with Crippen LogP contribution in [0.25, 0.3) is 0 Å². The van der Waals surface area contributed by atoms with Crippen molar-refractivity contribution in [2.24, 2.45) is 0 Å². The number of ketones is 1. The minimum Gasteiger partial charge on any atom is -0.469 e. The van der Waals surface area contributed by atoms with Gasteiger partial charge in [0.05, 0.1) is 17.5 Å². The van der Waals surface area contributed by atoms with Gasteiger partial charge in [-0.25, -0.2) is 9.97 Å². The molecule has 0 bridgehead atoms. The van der Waals surface area contributed by atoms with Gasteiger partial charge in [-0.05, 0) is 36.2 Å². The number of Topliss-reactive ketones (excluding diaryl/α,β-unsaturated/α-hetero) is 1. The van der Waals surface area contributed by atoms with E-state index in [9.17, 15) is 4.79 Å². The van der Waals surface area contributed by atoms with E-state index < -0.39 is 0 Å². The van der Waals surface area contributed by atoms with Gasteiger partial charge < -0.3 is 9.73 Å². The van der Waals surface area contributed by atoms with Crippen LogP contribution < -0.4 is 5.32 Å². The predicted octanol–water partition coefficient (Wildman–Crippen LogP) is 4.29. The Hall–Kier alpha value is -2.95. The van der Waals surface area contributed by atoms with Gasteiger partial charge in [0, 0.05) is 30.6 Å². The molecule has 0 aliphatic heterocycles. The minimum absolute atomic E-state index is 0.0431. The van der Waals surface area contributed by atoms with E-state index in [-0.39, 0.29) is 11.7 Å². The normalized spacial score (nSPS) is 16.5. The van der Waals surface area contributed by atoms with E-state index in [1.165, 1.54) is 5.56 Å². The Kier molecular flexibility index (Phi) is 4.06. The summed E-state index contributed by atoms with van der Waals surface area (Å²) in [6.07, 6.45) is 5.40. The van der Waals surface area contributed by atoms with Gasteiger partial charge in [-0.2, -0.15) is 0 Å². The number of hydrogen-bond donors (Lipinski definition) is 1. The number of fused-ring (bicyclic) bond motifs is 1. The molecule has 0 radical (unpaired) electrons. The monoisotopic (exact) mass is 333 g/mol. The number of aromatic nitrogens is 2. The van der Waals surface area contributed by atoms with Crippen molar-refractivity contribution in [1.82, 2.24) is 9.97 Å². The molecule has 1 aliphatic rings. The molecule has 2 heterocycles. The SMILES string of the molecule is CCc1ccc(Nc2ncc3c(n2)C[C@H](c2ccco2)CC3=O)cc1. The van der Waals surface area contributed by atoms with E-state index in [4.69, 9.17) is 4.42 Å². The summed E-state index contributed by atoms with van der Waals surface area (Å²) in [5, 5.41) is 3.21. The average molecular weight is 333 g/mol. The summed E-state index contributed by atoms with van der Waals surface area (Å²) in [4.78, 5) is 21.3. The van der Waals surface area contributed by atoms with E-state index in [0.717, 1.165) is 23.6 Å². The van der Waals surface area contributed by atoms with Gasteiger partial charge in [0.1, 0.15) is 5.76 Å². The molecule has 5 heteroatoms. The van der Waals surface area contributed by atoms with Crippen LogP contribution in [0.15, 0.2) is 53.3 Å². The maximum absolute atomic E-state index is 12.4. The van der Waals surface area contributed by atoms with Crippen LogP contribution >= 0.6 is 0 Å². The van der Waals surface area contributed by atoms with Crippen LogP contribution in [0, 0.1) is 0 Å². The van der Waals surface area contributed by atoms with Crippen molar-refractivity contribution in [2.75, 3.05) is 5.32 Å². The molecule has 2 aromatic heterocycles. The summed E-state index contributed by atoms with van der Waals surface area (Å²) >= 11 is 0. The van der Waals surface area contributed by atoms with Gasteiger partial charge in [0.15, 0.2) is 5.78 Å². The van der Waals surface area contributed by atoms with Crippen molar-refractivity contribution in [3.05, 3.63) is 71.4 Å². The van der Waals surface area contributed by atoms with Gasteiger partial charge in [0.25, 0.3) is 0 Å².